The summed E-state index contributed by atoms with van der Waals surface area (Å²) in [7, 11) is 0. The molecule has 1 unspecified atom stereocenters. The molecule has 0 spiro atoms. The van der Waals surface area contributed by atoms with Crippen molar-refractivity contribution < 1.29 is 5.11 Å². The maximum Gasteiger partial charge on any atom is 0.0954 e. The molecule has 1 aromatic rings. The van der Waals surface area contributed by atoms with Gasteiger partial charge in [0.05, 0.1) is 11.1 Å². The first-order valence-electron chi connectivity index (χ1n) is 6.44. The predicted octanol–water partition coefficient (Wildman–Crippen LogP) is 3.42. The molecular formula is C13H21NOS2. The number of aliphatic hydroxyl groups excluding tert-OH is 1. The van der Waals surface area contributed by atoms with E-state index in [1.54, 1.807) is 11.3 Å². The summed E-state index contributed by atoms with van der Waals surface area (Å²) in [4.78, 5) is 4.39. The van der Waals surface area contributed by atoms with Gasteiger partial charge in [0.1, 0.15) is 0 Å². The minimum atomic E-state index is -0.229. The van der Waals surface area contributed by atoms with Crippen molar-refractivity contribution in [3.8, 4) is 0 Å². The predicted molar refractivity (Wildman–Crippen MR) is 75.9 cm³/mol. The summed E-state index contributed by atoms with van der Waals surface area (Å²) in [5.74, 6) is 0.864. The molecule has 0 aromatic carbocycles. The standard InChI is InChI=1S/C13H21NOS2/c1-10-8-17-13(14-10)7-11(15)9-16-12-5-3-2-4-6-12/h8,11-12,15H,2-7,9H2,1H3. The Morgan fingerprint density at radius 1 is 1.47 bits per heavy atom. The van der Waals surface area contributed by atoms with Crippen LogP contribution in [-0.2, 0) is 6.42 Å². The molecular weight excluding hydrogens is 250 g/mol. The van der Waals surface area contributed by atoms with Crippen molar-refractivity contribution in [2.75, 3.05) is 5.75 Å². The fourth-order valence-corrected chi connectivity index (χ4v) is 4.36. The van der Waals surface area contributed by atoms with Crippen LogP contribution in [-0.4, -0.2) is 27.2 Å². The summed E-state index contributed by atoms with van der Waals surface area (Å²) >= 11 is 3.62. The summed E-state index contributed by atoms with van der Waals surface area (Å²) in [6, 6.07) is 0. The molecule has 0 saturated heterocycles. The van der Waals surface area contributed by atoms with E-state index in [2.05, 4.69) is 10.4 Å². The Bertz CT molecular complexity index is 334. The van der Waals surface area contributed by atoms with Gasteiger partial charge in [-0.25, -0.2) is 4.98 Å². The number of rotatable bonds is 5. The number of aliphatic hydroxyl groups is 1. The molecule has 0 bridgehead atoms. The number of thiazole rings is 1. The van der Waals surface area contributed by atoms with Crippen LogP contribution in [0.4, 0.5) is 0 Å². The molecule has 1 N–H and O–H groups in total. The zero-order chi connectivity index (χ0) is 12.1. The van der Waals surface area contributed by atoms with Crippen LogP contribution in [0.25, 0.3) is 0 Å². The van der Waals surface area contributed by atoms with Gasteiger partial charge in [-0.15, -0.1) is 11.3 Å². The number of nitrogens with zero attached hydrogens (tertiary/aromatic N) is 1. The summed E-state index contributed by atoms with van der Waals surface area (Å²) in [5, 5.41) is 13.9. The molecule has 1 aromatic heterocycles. The SMILES string of the molecule is Cc1csc(CC(O)CSC2CCCCC2)n1. The van der Waals surface area contributed by atoms with E-state index >= 15 is 0 Å². The van der Waals surface area contributed by atoms with Gasteiger partial charge in [-0.05, 0) is 19.8 Å². The van der Waals surface area contributed by atoms with Crippen molar-refractivity contribution in [3.05, 3.63) is 16.1 Å². The highest BCUT2D eigenvalue weighted by Crippen LogP contribution is 2.28. The Balaban J connectivity index is 1.68. The Morgan fingerprint density at radius 2 is 2.24 bits per heavy atom. The van der Waals surface area contributed by atoms with Crippen LogP contribution in [0.15, 0.2) is 5.38 Å². The first-order valence-corrected chi connectivity index (χ1v) is 8.37. The highest BCUT2D eigenvalue weighted by molar-refractivity contribution is 7.99. The third kappa shape index (κ3) is 4.60. The number of hydrogen-bond donors (Lipinski definition) is 1. The molecule has 1 saturated carbocycles. The van der Waals surface area contributed by atoms with Crippen molar-refractivity contribution in [2.45, 2.75) is 56.8 Å². The Morgan fingerprint density at radius 3 is 2.88 bits per heavy atom. The van der Waals surface area contributed by atoms with E-state index in [0.717, 1.165) is 28.1 Å². The van der Waals surface area contributed by atoms with Crippen LogP contribution in [0.2, 0.25) is 0 Å². The second-order valence-corrected chi connectivity index (χ2v) is 7.11. The minimum absolute atomic E-state index is 0.229. The molecule has 2 rings (SSSR count). The number of thioether (sulfide) groups is 1. The molecule has 1 aliphatic rings. The molecule has 17 heavy (non-hydrogen) atoms. The second-order valence-electron chi connectivity index (χ2n) is 4.83. The lowest BCUT2D eigenvalue weighted by Crippen LogP contribution is -2.17. The van der Waals surface area contributed by atoms with Gasteiger partial charge in [0.2, 0.25) is 0 Å². The van der Waals surface area contributed by atoms with E-state index in [-0.39, 0.29) is 6.10 Å². The number of aryl methyl sites for hydroxylation is 1. The van der Waals surface area contributed by atoms with E-state index in [0.29, 0.717) is 0 Å². The average Bonchev–Trinajstić information content (AvgIpc) is 2.73. The smallest absolute Gasteiger partial charge is 0.0954 e. The topological polar surface area (TPSA) is 33.1 Å². The zero-order valence-electron chi connectivity index (χ0n) is 10.4. The largest absolute Gasteiger partial charge is 0.392 e. The van der Waals surface area contributed by atoms with Crippen molar-refractivity contribution in [1.82, 2.24) is 4.98 Å². The first kappa shape index (κ1) is 13.4. The fraction of sp³-hybridized carbons (Fsp3) is 0.769. The Kier molecular flexibility index (Phi) is 5.32. The van der Waals surface area contributed by atoms with Crippen LogP contribution in [0.1, 0.15) is 42.8 Å². The number of aromatic nitrogens is 1. The summed E-state index contributed by atoms with van der Waals surface area (Å²) in [6.45, 7) is 2.00. The van der Waals surface area contributed by atoms with Crippen LogP contribution < -0.4 is 0 Å². The average molecular weight is 271 g/mol. The monoisotopic (exact) mass is 271 g/mol. The van der Waals surface area contributed by atoms with Crippen LogP contribution in [0.3, 0.4) is 0 Å². The van der Waals surface area contributed by atoms with Gasteiger partial charge in [0.15, 0.2) is 0 Å². The van der Waals surface area contributed by atoms with Crippen molar-refractivity contribution in [3.63, 3.8) is 0 Å². The van der Waals surface area contributed by atoms with Crippen molar-refractivity contribution in [2.24, 2.45) is 0 Å². The van der Waals surface area contributed by atoms with Crippen molar-refractivity contribution >= 4 is 23.1 Å². The lowest BCUT2D eigenvalue weighted by atomic mass is 10.0. The lowest BCUT2D eigenvalue weighted by molar-refractivity contribution is 0.199. The van der Waals surface area contributed by atoms with Gasteiger partial charge in [-0.1, -0.05) is 19.3 Å². The second kappa shape index (κ2) is 6.76. The van der Waals surface area contributed by atoms with Gasteiger partial charge in [-0.2, -0.15) is 11.8 Å². The molecule has 1 aliphatic carbocycles. The van der Waals surface area contributed by atoms with Crippen LogP contribution >= 0.6 is 23.1 Å². The molecule has 1 fully saturated rings. The molecule has 96 valence electrons. The van der Waals surface area contributed by atoms with Crippen LogP contribution in [0.5, 0.6) is 0 Å². The fourth-order valence-electron chi connectivity index (χ4n) is 2.24. The van der Waals surface area contributed by atoms with Gasteiger partial charge in [0.25, 0.3) is 0 Å². The van der Waals surface area contributed by atoms with E-state index < -0.39 is 0 Å². The molecule has 2 nitrogen and oxygen atoms in total. The highest BCUT2D eigenvalue weighted by atomic mass is 32.2. The van der Waals surface area contributed by atoms with E-state index in [1.165, 1.54) is 32.1 Å². The molecule has 1 atom stereocenters. The Labute approximate surface area is 112 Å². The third-order valence-electron chi connectivity index (χ3n) is 3.15. The minimum Gasteiger partial charge on any atom is -0.392 e. The Hall–Kier alpha value is -0.0600. The van der Waals surface area contributed by atoms with Gasteiger partial charge >= 0.3 is 0 Å². The zero-order valence-corrected chi connectivity index (χ0v) is 12.0. The third-order valence-corrected chi connectivity index (χ3v) is 5.66. The molecule has 0 radical (unpaired) electrons. The van der Waals surface area contributed by atoms with E-state index in [1.807, 2.05) is 18.7 Å². The van der Waals surface area contributed by atoms with Crippen LogP contribution in [0, 0.1) is 6.92 Å². The van der Waals surface area contributed by atoms with Gasteiger partial charge in [0, 0.05) is 28.5 Å². The summed E-state index contributed by atoms with van der Waals surface area (Å²) in [5.41, 5.74) is 1.07. The molecule has 0 aliphatic heterocycles. The van der Waals surface area contributed by atoms with Crippen molar-refractivity contribution in [1.29, 1.82) is 0 Å². The van der Waals surface area contributed by atoms with Gasteiger partial charge in [-0.3, -0.25) is 0 Å². The molecule has 1 heterocycles. The lowest BCUT2D eigenvalue weighted by Gasteiger charge is -2.22. The number of hydrogen-bond acceptors (Lipinski definition) is 4. The normalized spacial score (nSPS) is 19.4. The highest BCUT2D eigenvalue weighted by Gasteiger charge is 2.16. The first-order chi connectivity index (χ1) is 8.24. The van der Waals surface area contributed by atoms with E-state index in [4.69, 9.17) is 0 Å². The summed E-state index contributed by atoms with van der Waals surface area (Å²) < 4.78 is 0. The molecule has 0 amide bonds. The maximum absolute atomic E-state index is 9.99. The quantitative estimate of drug-likeness (QED) is 0.891. The maximum atomic E-state index is 9.99. The van der Waals surface area contributed by atoms with Gasteiger partial charge < -0.3 is 5.11 Å². The van der Waals surface area contributed by atoms with E-state index in [9.17, 15) is 5.11 Å². The molecule has 4 heteroatoms. The summed E-state index contributed by atoms with van der Waals surface area (Å²) in [6.07, 6.45) is 7.32.